The number of allylic oxidation sites excluding steroid dienone is 5. The summed E-state index contributed by atoms with van der Waals surface area (Å²) >= 11 is 0. The Hall–Kier alpha value is -7.30. The van der Waals surface area contributed by atoms with Gasteiger partial charge in [0.25, 0.3) is 0 Å². The molecular weight excluding hydrogens is 671 g/mol. The summed E-state index contributed by atoms with van der Waals surface area (Å²) < 4.78 is 2.35. The molecule has 2 heterocycles. The van der Waals surface area contributed by atoms with E-state index in [4.69, 9.17) is 9.97 Å². The number of benzene rings is 7. The van der Waals surface area contributed by atoms with Crippen molar-refractivity contribution in [2.75, 3.05) is 0 Å². The van der Waals surface area contributed by atoms with Crippen molar-refractivity contribution in [1.29, 1.82) is 0 Å². The van der Waals surface area contributed by atoms with Crippen molar-refractivity contribution in [1.82, 2.24) is 14.5 Å². The van der Waals surface area contributed by atoms with E-state index in [1.54, 1.807) is 12.1 Å². The number of para-hydroxylation sites is 2. The number of hydrogen-bond donors (Lipinski definition) is 1. The van der Waals surface area contributed by atoms with Crippen molar-refractivity contribution >= 4 is 43.9 Å². The Bertz CT molecular complexity index is 2940. The largest absolute Gasteiger partial charge is 0.507 e. The minimum atomic E-state index is 0.212. The molecule has 9 rings (SSSR count). The number of fused-ring (bicyclic) bond motifs is 4. The molecule has 9 aromatic rings. The first-order valence-electron chi connectivity index (χ1n) is 18.4. The first-order valence-corrected chi connectivity index (χ1v) is 18.4. The van der Waals surface area contributed by atoms with Gasteiger partial charge in [-0.1, -0.05) is 140 Å². The summed E-state index contributed by atoms with van der Waals surface area (Å²) in [4.78, 5) is 10.4. The van der Waals surface area contributed by atoms with Crippen LogP contribution in [0.5, 0.6) is 5.75 Å². The highest BCUT2D eigenvalue weighted by Gasteiger charge is 2.19. The maximum absolute atomic E-state index is 10.9. The first kappa shape index (κ1) is 33.5. The molecule has 0 bridgehead atoms. The second kappa shape index (κ2) is 14.3. The highest BCUT2D eigenvalue weighted by Crippen LogP contribution is 2.40. The molecule has 0 amide bonds. The van der Waals surface area contributed by atoms with E-state index in [1.165, 1.54) is 21.9 Å². The van der Waals surface area contributed by atoms with Gasteiger partial charge in [0.2, 0.25) is 0 Å². The number of rotatable bonds is 8. The monoisotopic (exact) mass is 707 g/mol. The van der Waals surface area contributed by atoms with E-state index in [9.17, 15) is 5.11 Å². The summed E-state index contributed by atoms with van der Waals surface area (Å²) in [5, 5.41) is 14.1. The summed E-state index contributed by atoms with van der Waals surface area (Å²) in [6, 6.07) is 58.2. The number of phenols is 1. The van der Waals surface area contributed by atoms with Crippen LogP contribution in [0.25, 0.3) is 83.1 Å². The fraction of sp³-hybridized carbons (Fsp3) is 0.0196. The van der Waals surface area contributed by atoms with Gasteiger partial charge in [0.05, 0.1) is 22.2 Å². The molecule has 0 unspecified atom stereocenters. The molecule has 0 saturated carbocycles. The van der Waals surface area contributed by atoms with Gasteiger partial charge in [-0.3, -0.25) is 0 Å². The Morgan fingerprint density at radius 1 is 0.600 bits per heavy atom. The third-order valence-electron chi connectivity index (χ3n) is 10.2. The quantitative estimate of drug-likeness (QED) is 0.160. The smallest absolute Gasteiger partial charge is 0.160 e. The number of nitrogens with zero attached hydrogens (tertiary/aromatic N) is 3. The molecule has 1 N–H and O–H groups in total. The lowest BCUT2D eigenvalue weighted by Crippen LogP contribution is -1.99. The van der Waals surface area contributed by atoms with Gasteiger partial charge in [0.1, 0.15) is 5.75 Å². The lowest BCUT2D eigenvalue weighted by molar-refractivity contribution is 0.477. The van der Waals surface area contributed by atoms with Crippen LogP contribution in [0.4, 0.5) is 0 Å². The van der Waals surface area contributed by atoms with Gasteiger partial charge in [-0.25, -0.2) is 9.97 Å². The Morgan fingerprint density at radius 3 is 1.96 bits per heavy atom. The van der Waals surface area contributed by atoms with E-state index in [0.29, 0.717) is 5.82 Å². The highest BCUT2D eigenvalue weighted by molar-refractivity contribution is 6.11. The van der Waals surface area contributed by atoms with Gasteiger partial charge in [0, 0.05) is 38.5 Å². The molecule has 0 fully saturated rings. The minimum absolute atomic E-state index is 0.212. The molecule has 55 heavy (non-hydrogen) atoms. The molecule has 4 nitrogen and oxygen atoms in total. The average Bonchev–Trinajstić information content (AvgIpc) is 3.57. The molecule has 7 aromatic carbocycles. The molecule has 4 heteroatoms. The maximum Gasteiger partial charge on any atom is 0.160 e. The Kier molecular flexibility index (Phi) is 8.69. The van der Waals surface area contributed by atoms with E-state index in [0.717, 1.165) is 66.7 Å². The van der Waals surface area contributed by atoms with E-state index in [2.05, 4.69) is 133 Å². The normalized spacial score (nSPS) is 12.1. The Labute approximate surface area is 320 Å². The van der Waals surface area contributed by atoms with E-state index >= 15 is 0 Å². The zero-order valence-electron chi connectivity index (χ0n) is 30.4. The maximum atomic E-state index is 10.9. The first-order chi connectivity index (χ1) is 27.1. The highest BCUT2D eigenvalue weighted by atomic mass is 16.3. The van der Waals surface area contributed by atoms with Crippen LogP contribution in [0.3, 0.4) is 0 Å². The van der Waals surface area contributed by atoms with Gasteiger partial charge < -0.3 is 9.67 Å². The summed E-state index contributed by atoms with van der Waals surface area (Å²) in [5.74, 6) is 0.804. The minimum Gasteiger partial charge on any atom is -0.507 e. The summed E-state index contributed by atoms with van der Waals surface area (Å²) in [6.45, 7) is 6.20. The molecule has 0 atom stereocenters. The van der Waals surface area contributed by atoms with Crippen LogP contribution in [-0.4, -0.2) is 19.6 Å². The zero-order chi connectivity index (χ0) is 37.3. The van der Waals surface area contributed by atoms with Crippen molar-refractivity contribution < 1.29 is 5.11 Å². The predicted octanol–water partition coefficient (Wildman–Crippen LogP) is 13.1. The zero-order valence-corrected chi connectivity index (χ0v) is 30.4. The van der Waals surface area contributed by atoms with E-state index in [-0.39, 0.29) is 5.75 Å². The van der Waals surface area contributed by atoms with Crippen LogP contribution in [0.15, 0.2) is 195 Å². The summed E-state index contributed by atoms with van der Waals surface area (Å²) in [5.41, 5.74) is 13.0. The van der Waals surface area contributed by atoms with Gasteiger partial charge in [0.15, 0.2) is 5.82 Å². The van der Waals surface area contributed by atoms with Crippen molar-refractivity contribution in [2.24, 2.45) is 0 Å². The van der Waals surface area contributed by atoms with Gasteiger partial charge in [-0.15, -0.1) is 0 Å². The van der Waals surface area contributed by atoms with Crippen LogP contribution < -0.4 is 0 Å². The van der Waals surface area contributed by atoms with Crippen LogP contribution >= 0.6 is 0 Å². The van der Waals surface area contributed by atoms with Crippen molar-refractivity contribution in [3.63, 3.8) is 0 Å². The van der Waals surface area contributed by atoms with Crippen LogP contribution in [-0.2, 0) is 0 Å². The molecule has 0 saturated heterocycles. The predicted molar refractivity (Wildman–Crippen MR) is 230 cm³/mol. The molecule has 0 aliphatic rings. The SMILES string of the molecule is C=C/C=C(\C=C(/C)c1ccc2c(c1)c1cc(-c3ccccc3)ccc1n2-c1ccccc1)c1nc(-c2ccccc2)c2c(-c3ccccc3O)cccc2n1. The second-order valence-electron chi connectivity index (χ2n) is 13.7. The number of aromatic nitrogens is 3. The topological polar surface area (TPSA) is 50.9 Å². The second-order valence-corrected chi connectivity index (χ2v) is 13.7. The molecule has 0 radical (unpaired) electrons. The Balaban J connectivity index is 1.21. The van der Waals surface area contributed by atoms with Crippen molar-refractivity contribution in [3.8, 4) is 44.9 Å². The van der Waals surface area contributed by atoms with Gasteiger partial charge in [-0.05, 0) is 89.4 Å². The van der Waals surface area contributed by atoms with Crippen molar-refractivity contribution in [2.45, 2.75) is 6.92 Å². The molecular formula is C51H37N3O. The molecule has 0 spiro atoms. The number of hydrogen-bond acceptors (Lipinski definition) is 3. The summed E-state index contributed by atoms with van der Waals surface area (Å²) in [6.07, 6.45) is 5.91. The van der Waals surface area contributed by atoms with E-state index in [1.807, 2.05) is 60.7 Å². The van der Waals surface area contributed by atoms with Crippen molar-refractivity contribution in [3.05, 3.63) is 206 Å². The third-order valence-corrected chi connectivity index (χ3v) is 10.2. The molecule has 0 aliphatic carbocycles. The summed E-state index contributed by atoms with van der Waals surface area (Å²) in [7, 11) is 0. The number of phenolic OH excluding ortho intramolecular Hbond substituents is 1. The van der Waals surface area contributed by atoms with Crippen LogP contribution in [0, 0.1) is 0 Å². The molecule has 0 aliphatic heterocycles. The Morgan fingerprint density at radius 2 is 1.24 bits per heavy atom. The van der Waals surface area contributed by atoms with Gasteiger partial charge in [-0.2, -0.15) is 0 Å². The molecule has 262 valence electrons. The third kappa shape index (κ3) is 6.20. The van der Waals surface area contributed by atoms with Gasteiger partial charge >= 0.3 is 0 Å². The molecule has 2 aromatic heterocycles. The number of aromatic hydroxyl groups is 1. The van der Waals surface area contributed by atoms with E-state index < -0.39 is 0 Å². The lowest BCUT2D eigenvalue weighted by Gasteiger charge is -2.15. The average molecular weight is 708 g/mol. The lowest BCUT2D eigenvalue weighted by atomic mass is 9.95. The fourth-order valence-electron chi connectivity index (χ4n) is 7.61. The van der Waals surface area contributed by atoms with Crippen LogP contribution in [0.2, 0.25) is 0 Å². The van der Waals surface area contributed by atoms with Crippen LogP contribution in [0.1, 0.15) is 18.3 Å². The standard InChI is InChI=1S/C51H37N3O/c1-3-16-39(51-52-45-25-15-24-42(41-23-13-14-26-48(41)55)49(45)50(53-51)36-19-9-5-10-20-36)31-34(2)37-27-29-46-43(32-37)44-33-38(35-17-7-4-8-18-35)28-30-47(44)54(46)40-21-11-6-12-22-40/h3-33,55H,1H2,2H3/b34-31+,39-16+. The fourth-order valence-corrected chi connectivity index (χ4v) is 7.61.